The van der Waals surface area contributed by atoms with Crippen molar-refractivity contribution in [2.75, 3.05) is 26.2 Å². The van der Waals surface area contributed by atoms with Crippen LogP contribution in [-0.2, 0) is 9.53 Å². The molecule has 17 heavy (non-hydrogen) atoms. The van der Waals surface area contributed by atoms with E-state index < -0.39 is 0 Å². The summed E-state index contributed by atoms with van der Waals surface area (Å²) in [6, 6.07) is 0. The van der Waals surface area contributed by atoms with Crippen molar-refractivity contribution in [1.82, 2.24) is 10.6 Å². The predicted molar refractivity (Wildman–Crippen MR) is 68.9 cm³/mol. The van der Waals surface area contributed by atoms with Crippen molar-refractivity contribution < 1.29 is 9.53 Å². The maximum absolute atomic E-state index is 11.7. The summed E-state index contributed by atoms with van der Waals surface area (Å²) in [7, 11) is 0. The van der Waals surface area contributed by atoms with Gasteiger partial charge in [-0.15, -0.1) is 0 Å². The highest BCUT2D eigenvalue weighted by Gasteiger charge is 2.32. The Labute approximate surface area is 104 Å². The predicted octanol–water partition coefficient (Wildman–Crippen LogP) is 1.31. The van der Waals surface area contributed by atoms with E-state index in [9.17, 15) is 4.79 Å². The van der Waals surface area contributed by atoms with Gasteiger partial charge in [-0.3, -0.25) is 4.79 Å². The summed E-state index contributed by atoms with van der Waals surface area (Å²) in [5.74, 6) is 0.534. The Morgan fingerprint density at radius 2 is 2.29 bits per heavy atom. The highest BCUT2D eigenvalue weighted by atomic mass is 16.5. The highest BCUT2D eigenvalue weighted by molar-refractivity contribution is 5.76. The lowest BCUT2D eigenvalue weighted by molar-refractivity contribution is -0.125. The van der Waals surface area contributed by atoms with Crippen LogP contribution in [0, 0.1) is 5.92 Å². The monoisotopic (exact) mass is 242 g/mol. The number of carbonyl (C=O) groups is 1. The third kappa shape index (κ3) is 5.04. The van der Waals surface area contributed by atoms with E-state index in [2.05, 4.69) is 31.4 Å². The molecule has 0 aromatic carbocycles. The molecule has 0 spiro atoms. The van der Waals surface area contributed by atoms with Gasteiger partial charge in [-0.2, -0.15) is 0 Å². The number of nitrogens with one attached hydrogen (secondary N) is 2. The first kappa shape index (κ1) is 14.5. The summed E-state index contributed by atoms with van der Waals surface area (Å²) in [5.41, 5.74) is -0.195. The van der Waals surface area contributed by atoms with Gasteiger partial charge in [-0.05, 0) is 12.3 Å². The van der Waals surface area contributed by atoms with E-state index in [4.69, 9.17) is 4.74 Å². The molecular formula is C13H26N2O2. The fraction of sp³-hybridized carbons (Fsp3) is 0.923. The Hall–Kier alpha value is -0.610. The van der Waals surface area contributed by atoms with Gasteiger partial charge >= 0.3 is 0 Å². The topological polar surface area (TPSA) is 50.4 Å². The van der Waals surface area contributed by atoms with Crippen LogP contribution in [0.2, 0.25) is 0 Å². The van der Waals surface area contributed by atoms with Gasteiger partial charge < -0.3 is 15.4 Å². The van der Waals surface area contributed by atoms with E-state index in [0.717, 1.165) is 32.5 Å². The van der Waals surface area contributed by atoms with Crippen LogP contribution in [0.3, 0.4) is 0 Å². The van der Waals surface area contributed by atoms with Crippen LogP contribution in [-0.4, -0.2) is 37.7 Å². The number of rotatable bonds is 6. The Morgan fingerprint density at radius 3 is 2.82 bits per heavy atom. The zero-order chi connectivity index (χ0) is 12.7. The Balaban J connectivity index is 2.41. The molecule has 0 aromatic heterocycles. The first-order valence-electron chi connectivity index (χ1n) is 6.69. The first-order chi connectivity index (χ1) is 8.08. The quantitative estimate of drug-likeness (QED) is 0.738. The van der Waals surface area contributed by atoms with Crippen LogP contribution in [0.5, 0.6) is 0 Å². The van der Waals surface area contributed by atoms with Gasteiger partial charge in [-0.1, -0.05) is 27.2 Å². The van der Waals surface area contributed by atoms with Crippen LogP contribution in [0.15, 0.2) is 0 Å². The van der Waals surface area contributed by atoms with E-state index in [1.807, 2.05) is 0 Å². The molecule has 100 valence electrons. The van der Waals surface area contributed by atoms with Gasteiger partial charge in [0.15, 0.2) is 0 Å². The fourth-order valence-corrected chi connectivity index (χ4v) is 2.23. The molecule has 0 aliphatic carbocycles. The molecule has 0 aromatic rings. The minimum atomic E-state index is -0.195. The van der Waals surface area contributed by atoms with Crippen LogP contribution in [0.4, 0.5) is 0 Å². The first-order valence-corrected chi connectivity index (χ1v) is 6.69. The molecule has 2 N–H and O–H groups in total. The van der Waals surface area contributed by atoms with Crippen molar-refractivity contribution in [1.29, 1.82) is 0 Å². The molecule has 1 amide bonds. The summed E-state index contributed by atoms with van der Waals surface area (Å²) in [5, 5.41) is 6.35. The number of carbonyl (C=O) groups excluding carboxylic acids is 1. The van der Waals surface area contributed by atoms with E-state index in [-0.39, 0.29) is 11.5 Å². The molecule has 4 nitrogen and oxygen atoms in total. The van der Waals surface area contributed by atoms with Crippen LogP contribution in [0.1, 0.15) is 40.0 Å². The number of morpholine rings is 1. The van der Waals surface area contributed by atoms with Gasteiger partial charge in [0.25, 0.3) is 0 Å². The molecule has 1 aliphatic heterocycles. The summed E-state index contributed by atoms with van der Waals surface area (Å²) < 4.78 is 5.88. The molecular weight excluding hydrogens is 216 g/mol. The third-order valence-electron chi connectivity index (χ3n) is 3.04. The van der Waals surface area contributed by atoms with Crippen molar-refractivity contribution in [3.05, 3.63) is 0 Å². The Bertz CT molecular complexity index is 230. The zero-order valence-electron chi connectivity index (χ0n) is 11.3. The number of hydrogen-bond donors (Lipinski definition) is 2. The second-order valence-electron chi connectivity index (χ2n) is 5.33. The lowest BCUT2D eigenvalue weighted by Crippen LogP contribution is -2.56. The van der Waals surface area contributed by atoms with E-state index in [1.165, 1.54) is 0 Å². The lowest BCUT2D eigenvalue weighted by Gasteiger charge is -2.38. The summed E-state index contributed by atoms with van der Waals surface area (Å²) >= 11 is 0. The lowest BCUT2D eigenvalue weighted by atomic mass is 9.96. The van der Waals surface area contributed by atoms with Crippen molar-refractivity contribution in [2.45, 2.75) is 45.6 Å². The van der Waals surface area contributed by atoms with Crippen molar-refractivity contribution >= 4 is 5.91 Å². The van der Waals surface area contributed by atoms with Crippen LogP contribution < -0.4 is 10.6 Å². The molecule has 1 rings (SSSR count). The minimum absolute atomic E-state index is 0.129. The van der Waals surface area contributed by atoms with Gasteiger partial charge in [0.05, 0.1) is 12.2 Å². The van der Waals surface area contributed by atoms with E-state index >= 15 is 0 Å². The summed E-state index contributed by atoms with van der Waals surface area (Å²) in [4.78, 5) is 11.7. The molecule has 1 aliphatic rings. The minimum Gasteiger partial charge on any atom is -0.371 e. The number of ether oxygens (including phenoxy) is 1. The Morgan fingerprint density at radius 1 is 1.53 bits per heavy atom. The van der Waals surface area contributed by atoms with Crippen LogP contribution in [0.25, 0.3) is 0 Å². The summed E-state index contributed by atoms with van der Waals surface area (Å²) in [6.07, 6.45) is 2.65. The van der Waals surface area contributed by atoms with Gasteiger partial charge in [0.2, 0.25) is 5.91 Å². The molecule has 1 fully saturated rings. The number of hydrogen-bond acceptors (Lipinski definition) is 3. The normalized spacial score (nSPS) is 24.9. The third-order valence-corrected chi connectivity index (χ3v) is 3.04. The average Bonchev–Trinajstić information content (AvgIpc) is 2.27. The Kier molecular flexibility index (Phi) is 5.92. The zero-order valence-corrected chi connectivity index (χ0v) is 11.3. The SMILES string of the molecule is CCCC1(CNC(=O)CC(C)C)CNCCO1. The van der Waals surface area contributed by atoms with Gasteiger partial charge in [0, 0.05) is 26.1 Å². The summed E-state index contributed by atoms with van der Waals surface area (Å²) in [6.45, 7) is 9.36. The largest absolute Gasteiger partial charge is 0.371 e. The van der Waals surface area contributed by atoms with E-state index in [1.54, 1.807) is 0 Å². The van der Waals surface area contributed by atoms with Crippen molar-refractivity contribution in [3.63, 3.8) is 0 Å². The smallest absolute Gasteiger partial charge is 0.220 e. The van der Waals surface area contributed by atoms with Gasteiger partial charge in [0.1, 0.15) is 0 Å². The average molecular weight is 242 g/mol. The molecule has 0 saturated carbocycles. The van der Waals surface area contributed by atoms with Crippen LogP contribution >= 0.6 is 0 Å². The molecule has 1 heterocycles. The molecule has 4 heteroatoms. The maximum atomic E-state index is 11.7. The van der Waals surface area contributed by atoms with Crippen molar-refractivity contribution in [2.24, 2.45) is 5.92 Å². The second kappa shape index (κ2) is 6.97. The van der Waals surface area contributed by atoms with Crippen molar-refractivity contribution in [3.8, 4) is 0 Å². The molecule has 1 unspecified atom stereocenters. The van der Waals surface area contributed by atoms with E-state index in [0.29, 0.717) is 18.9 Å². The van der Waals surface area contributed by atoms with Gasteiger partial charge in [-0.25, -0.2) is 0 Å². The molecule has 0 bridgehead atoms. The second-order valence-corrected chi connectivity index (χ2v) is 5.33. The maximum Gasteiger partial charge on any atom is 0.220 e. The molecule has 0 radical (unpaired) electrons. The fourth-order valence-electron chi connectivity index (χ4n) is 2.23. The molecule has 1 saturated heterocycles. The molecule has 1 atom stereocenters. The standard InChI is InChI=1S/C13H26N2O2/c1-4-5-13(9-14-6-7-17-13)10-15-12(16)8-11(2)3/h11,14H,4-10H2,1-3H3,(H,15,16). The highest BCUT2D eigenvalue weighted by Crippen LogP contribution is 2.19. The number of amides is 1.